The molecule has 9 heteroatoms. The van der Waals surface area contributed by atoms with Gasteiger partial charge in [-0.15, -0.1) is 10.2 Å². The third-order valence-electron chi connectivity index (χ3n) is 3.90. The zero-order valence-electron chi connectivity index (χ0n) is 13.1. The molecule has 8 nitrogen and oxygen atoms in total. The number of rotatable bonds is 5. The van der Waals surface area contributed by atoms with Gasteiger partial charge in [0.1, 0.15) is 5.01 Å². The Hall–Kier alpha value is -2.03. The Morgan fingerprint density at radius 1 is 1.22 bits per heavy atom. The monoisotopic (exact) mass is 336 g/mol. The Morgan fingerprint density at radius 3 is 2.74 bits per heavy atom. The summed E-state index contributed by atoms with van der Waals surface area (Å²) >= 11 is 1.43. The van der Waals surface area contributed by atoms with Gasteiger partial charge in [0.25, 0.3) is 0 Å². The molecule has 3 rings (SSSR count). The van der Waals surface area contributed by atoms with Crippen LogP contribution < -0.4 is 5.32 Å². The average molecular weight is 336 g/mol. The van der Waals surface area contributed by atoms with Crippen molar-refractivity contribution in [3.05, 3.63) is 10.8 Å². The van der Waals surface area contributed by atoms with Crippen LogP contribution in [0.3, 0.4) is 0 Å². The zero-order chi connectivity index (χ0) is 16.2. The number of carbonyl (C=O) groups excluding carboxylic acids is 2. The lowest BCUT2D eigenvalue weighted by Gasteiger charge is -2.26. The van der Waals surface area contributed by atoms with Crippen LogP contribution in [0.5, 0.6) is 0 Å². The lowest BCUT2D eigenvalue weighted by molar-refractivity contribution is -0.133. The first kappa shape index (κ1) is 15.9. The predicted octanol–water partition coefficient (Wildman–Crippen LogP) is 0.556. The van der Waals surface area contributed by atoms with Crippen molar-refractivity contribution < 1.29 is 9.59 Å². The molecule has 3 heterocycles. The molecule has 1 saturated heterocycles. The standard InChI is InChI=1S/C14H20N6O2S/c1-10-16-17-14-20(10)18-12(23-14)6-5-11(21)15-9-13(22)19-7-3-2-4-8-19/h2-9H2,1H3,(H,15,21). The summed E-state index contributed by atoms with van der Waals surface area (Å²) in [5.41, 5.74) is 0. The minimum Gasteiger partial charge on any atom is -0.347 e. The highest BCUT2D eigenvalue weighted by Gasteiger charge is 2.17. The number of aromatic nitrogens is 4. The van der Waals surface area contributed by atoms with Crippen molar-refractivity contribution in [1.82, 2.24) is 30.0 Å². The Balaban J connectivity index is 1.43. The van der Waals surface area contributed by atoms with Crippen LogP contribution in [0.4, 0.5) is 0 Å². The second-order valence-electron chi connectivity index (χ2n) is 5.66. The zero-order valence-corrected chi connectivity index (χ0v) is 13.9. The van der Waals surface area contributed by atoms with Crippen molar-refractivity contribution >= 4 is 28.1 Å². The van der Waals surface area contributed by atoms with Crippen molar-refractivity contribution in [1.29, 1.82) is 0 Å². The molecule has 124 valence electrons. The number of hydrogen-bond acceptors (Lipinski definition) is 6. The first-order valence-corrected chi connectivity index (χ1v) is 8.67. The summed E-state index contributed by atoms with van der Waals surface area (Å²) in [7, 11) is 0. The minimum absolute atomic E-state index is 0.00691. The molecule has 1 N–H and O–H groups in total. The summed E-state index contributed by atoms with van der Waals surface area (Å²) in [5.74, 6) is 0.615. The van der Waals surface area contributed by atoms with Crippen LogP contribution in [-0.4, -0.2) is 56.2 Å². The van der Waals surface area contributed by atoms with Crippen molar-refractivity contribution in [3.63, 3.8) is 0 Å². The molecule has 0 atom stereocenters. The number of hydrogen-bond donors (Lipinski definition) is 1. The molecule has 0 aromatic carbocycles. The van der Waals surface area contributed by atoms with E-state index in [2.05, 4.69) is 20.6 Å². The van der Waals surface area contributed by atoms with Gasteiger partial charge in [-0.05, 0) is 26.2 Å². The highest BCUT2D eigenvalue weighted by Crippen LogP contribution is 2.15. The quantitative estimate of drug-likeness (QED) is 0.861. The summed E-state index contributed by atoms with van der Waals surface area (Å²) in [4.78, 5) is 26.4. The first-order chi connectivity index (χ1) is 11.1. The summed E-state index contributed by atoms with van der Waals surface area (Å²) in [5, 5.41) is 15.8. The van der Waals surface area contributed by atoms with E-state index < -0.39 is 0 Å². The van der Waals surface area contributed by atoms with Crippen LogP contribution in [0.1, 0.15) is 36.5 Å². The summed E-state index contributed by atoms with van der Waals surface area (Å²) < 4.78 is 1.68. The number of nitrogens with one attached hydrogen (secondary N) is 1. The topological polar surface area (TPSA) is 92.5 Å². The molecule has 2 aromatic rings. The number of carbonyl (C=O) groups is 2. The largest absolute Gasteiger partial charge is 0.347 e. The van der Waals surface area contributed by atoms with E-state index in [1.807, 2.05) is 11.8 Å². The van der Waals surface area contributed by atoms with Crippen LogP contribution in [-0.2, 0) is 16.0 Å². The molecular weight excluding hydrogens is 316 g/mol. The molecule has 23 heavy (non-hydrogen) atoms. The van der Waals surface area contributed by atoms with Gasteiger partial charge in [0, 0.05) is 25.9 Å². The van der Waals surface area contributed by atoms with Crippen molar-refractivity contribution in [2.45, 2.75) is 39.0 Å². The van der Waals surface area contributed by atoms with Gasteiger partial charge in [0.2, 0.25) is 16.8 Å². The first-order valence-electron chi connectivity index (χ1n) is 7.85. The molecular formula is C14H20N6O2S. The van der Waals surface area contributed by atoms with E-state index in [-0.39, 0.29) is 18.4 Å². The fourth-order valence-corrected chi connectivity index (χ4v) is 3.47. The number of amides is 2. The summed E-state index contributed by atoms with van der Waals surface area (Å²) in [6, 6.07) is 0. The molecule has 0 spiro atoms. The van der Waals surface area contributed by atoms with E-state index in [0.717, 1.165) is 41.7 Å². The van der Waals surface area contributed by atoms with Crippen LogP contribution >= 0.6 is 11.3 Å². The van der Waals surface area contributed by atoms with Crippen molar-refractivity contribution in [2.75, 3.05) is 19.6 Å². The Morgan fingerprint density at radius 2 is 2.00 bits per heavy atom. The van der Waals surface area contributed by atoms with Crippen LogP contribution in [0.15, 0.2) is 0 Å². The third kappa shape index (κ3) is 3.84. The number of piperidine rings is 1. The van der Waals surface area contributed by atoms with E-state index in [0.29, 0.717) is 12.8 Å². The van der Waals surface area contributed by atoms with Gasteiger partial charge in [0.05, 0.1) is 6.54 Å². The highest BCUT2D eigenvalue weighted by atomic mass is 32.1. The van der Waals surface area contributed by atoms with Gasteiger partial charge in [-0.25, -0.2) is 0 Å². The fraction of sp³-hybridized carbons (Fsp3) is 0.643. The molecule has 2 aromatic heterocycles. The van der Waals surface area contributed by atoms with Gasteiger partial charge >= 0.3 is 0 Å². The third-order valence-corrected chi connectivity index (χ3v) is 4.86. The van der Waals surface area contributed by atoms with Gasteiger partial charge in [-0.3, -0.25) is 9.59 Å². The van der Waals surface area contributed by atoms with Gasteiger partial charge in [0.15, 0.2) is 5.82 Å². The fourth-order valence-electron chi connectivity index (χ4n) is 2.59. The predicted molar refractivity (Wildman–Crippen MR) is 85.2 cm³/mol. The normalized spacial score (nSPS) is 15.1. The Labute approximate surface area is 137 Å². The van der Waals surface area contributed by atoms with E-state index in [1.165, 1.54) is 17.8 Å². The van der Waals surface area contributed by atoms with E-state index in [9.17, 15) is 9.59 Å². The average Bonchev–Trinajstić information content (AvgIpc) is 3.13. The molecule has 1 aliphatic heterocycles. The molecule has 1 fully saturated rings. The Bertz CT molecular complexity index is 703. The summed E-state index contributed by atoms with van der Waals surface area (Å²) in [6.45, 7) is 3.54. The second kappa shape index (κ2) is 7.03. The van der Waals surface area contributed by atoms with Crippen molar-refractivity contribution in [2.24, 2.45) is 0 Å². The number of fused-ring (bicyclic) bond motifs is 1. The maximum absolute atomic E-state index is 12.0. The molecule has 0 radical (unpaired) electrons. The lowest BCUT2D eigenvalue weighted by atomic mass is 10.1. The van der Waals surface area contributed by atoms with Crippen molar-refractivity contribution in [3.8, 4) is 0 Å². The number of likely N-dealkylation sites (tertiary alicyclic amines) is 1. The highest BCUT2D eigenvalue weighted by molar-refractivity contribution is 7.16. The van der Waals surface area contributed by atoms with Gasteiger partial charge in [-0.1, -0.05) is 11.3 Å². The summed E-state index contributed by atoms with van der Waals surface area (Å²) in [6.07, 6.45) is 4.15. The van der Waals surface area contributed by atoms with E-state index in [4.69, 9.17) is 0 Å². The molecule has 0 bridgehead atoms. The molecule has 0 aliphatic carbocycles. The SMILES string of the molecule is Cc1nnc2sc(CCC(=O)NCC(=O)N3CCCCC3)nn12. The number of nitrogens with zero attached hydrogens (tertiary/aromatic N) is 5. The van der Waals surface area contributed by atoms with Gasteiger partial charge < -0.3 is 10.2 Å². The smallest absolute Gasteiger partial charge is 0.241 e. The van der Waals surface area contributed by atoms with Crippen LogP contribution in [0, 0.1) is 6.92 Å². The van der Waals surface area contributed by atoms with Gasteiger partial charge in [-0.2, -0.15) is 9.61 Å². The maximum atomic E-state index is 12.0. The van der Waals surface area contributed by atoms with E-state index >= 15 is 0 Å². The van der Waals surface area contributed by atoms with Crippen LogP contribution in [0.25, 0.3) is 4.96 Å². The number of aryl methyl sites for hydroxylation is 2. The maximum Gasteiger partial charge on any atom is 0.241 e. The van der Waals surface area contributed by atoms with E-state index in [1.54, 1.807) is 4.52 Å². The molecule has 0 unspecified atom stereocenters. The molecule has 0 saturated carbocycles. The van der Waals surface area contributed by atoms with Crippen LogP contribution in [0.2, 0.25) is 0 Å². The minimum atomic E-state index is -0.127. The Kier molecular flexibility index (Phi) is 4.85. The molecule has 2 amide bonds. The molecule has 1 aliphatic rings. The lowest BCUT2D eigenvalue weighted by Crippen LogP contribution is -2.42. The second-order valence-corrected chi connectivity index (χ2v) is 6.70.